The van der Waals surface area contributed by atoms with Crippen LogP contribution in [0.4, 0.5) is 0 Å². The van der Waals surface area contributed by atoms with Crippen molar-refractivity contribution < 1.29 is 9.47 Å². The number of rotatable bonds is 9. The van der Waals surface area contributed by atoms with Gasteiger partial charge in [-0.3, -0.25) is 4.98 Å². The molecule has 26 heavy (non-hydrogen) atoms. The second-order valence-corrected chi connectivity index (χ2v) is 5.71. The molecule has 0 fully saturated rings. The molecule has 0 amide bonds. The van der Waals surface area contributed by atoms with Crippen LogP contribution in [0, 0.1) is 0 Å². The van der Waals surface area contributed by atoms with Gasteiger partial charge in [0, 0.05) is 26.3 Å². The van der Waals surface area contributed by atoms with E-state index in [9.17, 15) is 0 Å². The van der Waals surface area contributed by atoms with Crippen molar-refractivity contribution >= 4 is 5.96 Å². The summed E-state index contributed by atoms with van der Waals surface area (Å²) in [5, 5.41) is 3.32. The summed E-state index contributed by atoms with van der Waals surface area (Å²) in [6.07, 6.45) is 3.43. The number of aromatic nitrogens is 1. The maximum absolute atomic E-state index is 5.64. The van der Waals surface area contributed by atoms with E-state index in [-0.39, 0.29) is 0 Å². The fourth-order valence-electron chi connectivity index (χ4n) is 2.42. The molecule has 0 aliphatic carbocycles. The molecule has 1 N–H and O–H groups in total. The number of nitrogens with zero attached hydrogens (tertiary/aromatic N) is 3. The van der Waals surface area contributed by atoms with Gasteiger partial charge in [0.15, 0.2) is 5.96 Å². The molecule has 2 rings (SSSR count). The van der Waals surface area contributed by atoms with Crippen LogP contribution in [0.1, 0.15) is 19.4 Å². The van der Waals surface area contributed by atoms with Crippen LogP contribution in [0.3, 0.4) is 0 Å². The first-order chi connectivity index (χ1) is 12.7. The second kappa shape index (κ2) is 11.0. The average molecular weight is 356 g/mol. The number of hydrogen-bond acceptors (Lipinski definition) is 4. The Kier molecular flexibility index (Phi) is 8.26. The van der Waals surface area contributed by atoms with E-state index >= 15 is 0 Å². The second-order valence-electron chi connectivity index (χ2n) is 5.71. The summed E-state index contributed by atoms with van der Waals surface area (Å²) >= 11 is 0. The van der Waals surface area contributed by atoms with E-state index in [1.165, 1.54) is 5.56 Å². The Morgan fingerprint density at radius 1 is 1.12 bits per heavy atom. The molecule has 1 aromatic heterocycles. The lowest BCUT2D eigenvalue weighted by molar-refractivity contribution is 0.326. The van der Waals surface area contributed by atoms with Crippen molar-refractivity contribution in [3.8, 4) is 11.5 Å². The number of guanidine groups is 1. The SMILES string of the molecule is CCNC(=NCCOc1cccnc1)N(C)Cc1ccc(OCC)cc1. The fraction of sp³-hybridized carbons (Fsp3) is 0.400. The molecular formula is C20H28N4O2. The van der Waals surface area contributed by atoms with Crippen molar-refractivity contribution in [2.24, 2.45) is 4.99 Å². The Morgan fingerprint density at radius 2 is 1.92 bits per heavy atom. The van der Waals surface area contributed by atoms with Crippen molar-refractivity contribution in [3.63, 3.8) is 0 Å². The molecule has 1 heterocycles. The van der Waals surface area contributed by atoms with Gasteiger partial charge in [0.25, 0.3) is 0 Å². The molecule has 0 unspecified atom stereocenters. The van der Waals surface area contributed by atoms with Crippen LogP contribution < -0.4 is 14.8 Å². The normalized spacial score (nSPS) is 11.1. The molecule has 140 valence electrons. The van der Waals surface area contributed by atoms with Crippen LogP contribution in [0.5, 0.6) is 11.5 Å². The highest BCUT2D eigenvalue weighted by atomic mass is 16.5. The summed E-state index contributed by atoms with van der Waals surface area (Å²) in [6, 6.07) is 11.9. The lowest BCUT2D eigenvalue weighted by atomic mass is 10.2. The van der Waals surface area contributed by atoms with Gasteiger partial charge in [-0.1, -0.05) is 12.1 Å². The van der Waals surface area contributed by atoms with Crippen LogP contribution in [0.2, 0.25) is 0 Å². The summed E-state index contributed by atoms with van der Waals surface area (Å²) in [6.45, 7) is 7.39. The zero-order chi connectivity index (χ0) is 18.6. The predicted octanol–water partition coefficient (Wildman–Crippen LogP) is 2.96. The Bertz CT molecular complexity index is 659. The smallest absolute Gasteiger partial charge is 0.194 e. The van der Waals surface area contributed by atoms with Gasteiger partial charge >= 0.3 is 0 Å². The van der Waals surface area contributed by atoms with Gasteiger partial charge in [-0.2, -0.15) is 0 Å². The Morgan fingerprint density at radius 3 is 2.58 bits per heavy atom. The quantitative estimate of drug-likeness (QED) is 0.425. The van der Waals surface area contributed by atoms with Gasteiger partial charge < -0.3 is 19.7 Å². The predicted molar refractivity (Wildman–Crippen MR) is 105 cm³/mol. The number of pyridine rings is 1. The molecule has 0 spiro atoms. The van der Waals surface area contributed by atoms with Crippen molar-refractivity contribution in [1.29, 1.82) is 0 Å². The zero-order valence-electron chi connectivity index (χ0n) is 15.8. The van der Waals surface area contributed by atoms with Crippen LogP contribution >= 0.6 is 0 Å². The summed E-state index contributed by atoms with van der Waals surface area (Å²) in [4.78, 5) is 10.8. The van der Waals surface area contributed by atoms with Crippen molar-refractivity contribution in [3.05, 3.63) is 54.4 Å². The molecular weight excluding hydrogens is 328 g/mol. The summed E-state index contributed by atoms with van der Waals surface area (Å²) in [5.74, 6) is 2.51. The topological polar surface area (TPSA) is 59.0 Å². The monoisotopic (exact) mass is 356 g/mol. The number of ether oxygens (including phenoxy) is 2. The molecule has 0 saturated carbocycles. The molecule has 0 aliphatic heterocycles. The summed E-state index contributed by atoms with van der Waals surface area (Å²) in [7, 11) is 2.03. The number of benzene rings is 1. The van der Waals surface area contributed by atoms with Crippen LogP contribution in [0.25, 0.3) is 0 Å². The van der Waals surface area contributed by atoms with E-state index in [0.29, 0.717) is 19.8 Å². The van der Waals surface area contributed by atoms with Gasteiger partial charge in [-0.25, -0.2) is 4.99 Å². The third kappa shape index (κ3) is 6.63. The zero-order valence-corrected chi connectivity index (χ0v) is 15.8. The minimum absolute atomic E-state index is 0.511. The molecule has 0 radical (unpaired) electrons. The molecule has 0 aliphatic rings. The highest BCUT2D eigenvalue weighted by Gasteiger charge is 2.06. The molecule has 0 atom stereocenters. The first kappa shape index (κ1) is 19.6. The van der Waals surface area contributed by atoms with Crippen LogP contribution in [-0.2, 0) is 6.54 Å². The van der Waals surface area contributed by atoms with Crippen molar-refractivity contribution in [2.45, 2.75) is 20.4 Å². The number of nitrogens with one attached hydrogen (secondary N) is 1. The van der Waals surface area contributed by atoms with Crippen LogP contribution in [-0.4, -0.2) is 49.2 Å². The first-order valence-corrected chi connectivity index (χ1v) is 8.97. The standard InChI is InChI=1S/C20H28N4O2/c1-4-22-20(23-13-14-26-19-7-6-12-21-15-19)24(3)16-17-8-10-18(11-9-17)25-5-2/h6-12,15H,4-5,13-14,16H2,1-3H3,(H,22,23). The van der Waals surface area contributed by atoms with E-state index in [2.05, 4.69) is 39.2 Å². The van der Waals surface area contributed by atoms with Crippen molar-refractivity contribution in [2.75, 3.05) is 33.4 Å². The molecule has 1 aromatic carbocycles. The van der Waals surface area contributed by atoms with Gasteiger partial charge in [0.1, 0.15) is 18.1 Å². The van der Waals surface area contributed by atoms with Gasteiger partial charge in [0.05, 0.1) is 19.3 Å². The molecule has 0 saturated heterocycles. The largest absolute Gasteiger partial charge is 0.494 e. The lowest BCUT2D eigenvalue weighted by Crippen LogP contribution is -2.38. The van der Waals surface area contributed by atoms with E-state index < -0.39 is 0 Å². The molecule has 6 heteroatoms. The number of hydrogen-bond donors (Lipinski definition) is 1. The lowest BCUT2D eigenvalue weighted by Gasteiger charge is -2.22. The van der Waals surface area contributed by atoms with Crippen LogP contribution in [0.15, 0.2) is 53.8 Å². The average Bonchev–Trinajstić information content (AvgIpc) is 2.67. The highest BCUT2D eigenvalue weighted by Crippen LogP contribution is 2.13. The molecule has 0 bridgehead atoms. The van der Waals surface area contributed by atoms with E-state index in [1.54, 1.807) is 12.4 Å². The molecule has 6 nitrogen and oxygen atoms in total. The van der Waals surface area contributed by atoms with Gasteiger partial charge in [0.2, 0.25) is 0 Å². The maximum atomic E-state index is 5.64. The molecule has 2 aromatic rings. The Balaban J connectivity index is 1.87. The highest BCUT2D eigenvalue weighted by molar-refractivity contribution is 5.79. The Hall–Kier alpha value is -2.76. The number of aliphatic imine (C=N–C) groups is 1. The summed E-state index contributed by atoms with van der Waals surface area (Å²) in [5.41, 5.74) is 1.20. The van der Waals surface area contributed by atoms with E-state index in [4.69, 9.17) is 9.47 Å². The Labute approximate surface area is 155 Å². The van der Waals surface area contributed by atoms with Gasteiger partial charge in [-0.15, -0.1) is 0 Å². The summed E-state index contributed by atoms with van der Waals surface area (Å²) < 4.78 is 11.1. The van der Waals surface area contributed by atoms with E-state index in [0.717, 1.165) is 30.5 Å². The fourth-order valence-corrected chi connectivity index (χ4v) is 2.42. The minimum atomic E-state index is 0.511. The van der Waals surface area contributed by atoms with E-state index in [1.807, 2.05) is 38.2 Å². The third-order valence-electron chi connectivity index (χ3n) is 3.61. The third-order valence-corrected chi connectivity index (χ3v) is 3.61. The maximum Gasteiger partial charge on any atom is 0.194 e. The van der Waals surface area contributed by atoms with Gasteiger partial charge in [-0.05, 0) is 43.7 Å². The minimum Gasteiger partial charge on any atom is -0.494 e. The first-order valence-electron chi connectivity index (χ1n) is 8.97. The van der Waals surface area contributed by atoms with Crippen molar-refractivity contribution in [1.82, 2.24) is 15.2 Å².